The van der Waals surface area contributed by atoms with Crippen molar-refractivity contribution in [1.82, 2.24) is 0 Å². The molecule has 0 radical (unpaired) electrons. The van der Waals surface area contributed by atoms with Crippen LogP contribution in [0.4, 0.5) is 0 Å². The fourth-order valence-electron chi connectivity index (χ4n) is 3.75. The summed E-state index contributed by atoms with van der Waals surface area (Å²) in [6, 6.07) is 6.78. The molecule has 0 spiro atoms. The maximum absolute atomic E-state index is 6.66. The van der Waals surface area contributed by atoms with Crippen molar-refractivity contribution in [3.8, 4) is 0 Å². The van der Waals surface area contributed by atoms with Crippen molar-refractivity contribution >= 4 is 0 Å². The predicted molar refractivity (Wildman–Crippen MR) is 78.8 cm³/mol. The molecule has 1 saturated carbocycles. The van der Waals surface area contributed by atoms with Crippen molar-refractivity contribution in [2.24, 2.45) is 11.1 Å². The van der Waals surface area contributed by atoms with E-state index in [0.29, 0.717) is 5.92 Å². The van der Waals surface area contributed by atoms with Gasteiger partial charge in [0, 0.05) is 11.5 Å². The van der Waals surface area contributed by atoms with Crippen LogP contribution in [0, 0.1) is 19.3 Å². The molecule has 1 aromatic rings. The molecule has 18 heavy (non-hydrogen) atoms. The lowest BCUT2D eigenvalue weighted by atomic mass is 9.94. The number of hydrogen-bond donors (Lipinski definition) is 1. The summed E-state index contributed by atoms with van der Waals surface area (Å²) in [5, 5.41) is 0. The molecule has 3 atom stereocenters. The number of nitrogens with two attached hydrogens (primary N) is 1. The van der Waals surface area contributed by atoms with Crippen LogP contribution >= 0.6 is 0 Å². The summed E-state index contributed by atoms with van der Waals surface area (Å²) in [6.07, 6.45) is 1.09. The van der Waals surface area contributed by atoms with Gasteiger partial charge in [-0.1, -0.05) is 55.3 Å². The van der Waals surface area contributed by atoms with Gasteiger partial charge in [-0.15, -0.1) is 0 Å². The largest absolute Gasteiger partial charge is 0.321 e. The van der Waals surface area contributed by atoms with Gasteiger partial charge < -0.3 is 5.73 Å². The molecule has 2 N–H and O–H groups in total. The third kappa shape index (κ3) is 1.57. The smallest absolute Gasteiger partial charge is 0.0500 e. The second-order valence-electron chi connectivity index (χ2n) is 6.27. The highest BCUT2D eigenvalue weighted by molar-refractivity contribution is 5.50. The zero-order valence-electron chi connectivity index (χ0n) is 12.3. The van der Waals surface area contributed by atoms with E-state index >= 15 is 0 Å². The van der Waals surface area contributed by atoms with E-state index in [1.807, 2.05) is 0 Å². The Bertz CT molecular complexity index is 482. The van der Waals surface area contributed by atoms with Crippen molar-refractivity contribution in [3.05, 3.63) is 47.0 Å². The molecular formula is C17H25N. The molecule has 1 nitrogen and oxygen atoms in total. The molecule has 0 amide bonds. The van der Waals surface area contributed by atoms with Gasteiger partial charge in [0.1, 0.15) is 0 Å². The second kappa shape index (κ2) is 3.96. The van der Waals surface area contributed by atoms with Crippen LogP contribution < -0.4 is 5.73 Å². The zero-order chi connectivity index (χ0) is 13.7. The van der Waals surface area contributed by atoms with Gasteiger partial charge >= 0.3 is 0 Å². The third-order valence-corrected chi connectivity index (χ3v) is 4.97. The summed E-state index contributed by atoms with van der Waals surface area (Å²) in [7, 11) is 0. The maximum atomic E-state index is 6.66. The Morgan fingerprint density at radius 1 is 1.28 bits per heavy atom. The highest BCUT2D eigenvalue weighted by Crippen LogP contribution is 2.70. The van der Waals surface area contributed by atoms with Crippen molar-refractivity contribution < 1.29 is 0 Å². The molecule has 1 heteroatoms. The van der Waals surface area contributed by atoms with E-state index in [-0.39, 0.29) is 11.0 Å². The van der Waals surface area contributed by atoms with Crippen LogP contribution in [0.15, 0.2) is 30.4 Å². The predicted octanol–water partition coefficient (Wildman–Crippen LogP) is 4.09. The van der Waals surface area contributed by atoms with Crippen LogP contribution in [0.3, 0.4) is 0 Å². The summed E-state index contributed by atoms with van der Waals surface area (Å²) >= 11 is 0. The van der Waals surface area contributed by atoms with Gasteiger partial charge in [0.25, 0.3) is 0 Å². The minimum Gasteiger partial charge on any atom is -0.321 e. The monoisotopic (exact) mass is 243 g/mol. The van der Waals surface area contributed by atoms with Crippen molar-refractivity contribution in [1.29, 1.82) is 0 Å². The molecule has 1 fully saturated rings. The van der Waals surface area contributed by atoms with E-state index < -0.39 is 0 Å². The number of aryl methyl sites for hydroxylation is 2. The SMILES string of the molecule is C=C(C)[C@@]1(N)[C@H](c2cc(C)cc(C)c2)C1(C)CC. The first kappa shape index (κ1) is 13.4. The molecular weight excluding hydrogens is 218 g/mol. The topological polar surface area (TPSA) is 26.0 Å². The Morgan fingerprint density at radius 3 is 2.11 bits per heavy atom. The maximum Gasteiger partial charge on any atom is 0.0500 e. The molecule has 0 heterocycles. The number of rotatable bonds is 3. The highest BCUT2D eigenvalue weighted by Gasteiger charge is 2.71. The third-order valence-electron chi connectivity index (χ3n) is 4.97. The van der Waals surface area contributed by atoms with E-state index in [1.54, 1.807) is 0 Å². The van der Waals surface area contributed by atoms with Gasteiger partial charge in [-0.25, -0.2) is 0 Å². The molecule has 1 aliphatic carbocycles. The Labute approximate surface area is 111 Å². The van der Waals surface area contributed by atoms with Crippen LogP contribution in [0.5, 0.6) is 0 Å². The van der Waals surface area contributed by atoms with E-state index in [1.165, 1.54) is 16.7 Å². The van der Waals surface area contributed by atoms with E-state index in [0.717, 1.165) is 12.0 Å². The average molecular weight is 243 g/mol. The van der Waals surface area contributed by atoms with Crippen LogP contribution in [-0.4, -0.2) is 5.54 Å². The molecule has 2 rings (SSSR count). The van der Waals surface area contributed by atoms with E-state index in [2.05, 4.69) is 59.4 Å². The number of benzene rings is 1. The molecule has 1 aromatic carbocycles. The minimum atomic E-state index is -0.234. The van der Waals surface area contributed by atoms with Gasteiger partial charge in [0.2, 0.25) is 0 Å². The first-order chi connectivity index (χ1) is 8.27. The van der Waals surface area contributed by atoms with Gasteiger partial charge in [-0.3, -0.25) is 0 Å². The Balaban J connectivity index is 2.49. The fourth-order valence-corrected chi connectivity index (χ4v) is 3.75. The molecule has 1 unspecified atom stereocenters. The van der Waals surface area contributed by atoms with Gasteiger partial charge in [-0.2, -0.15) is 0 Å². The highest BCUT2D eigenvalue weighted by atomic mass is 15.0. The Morgan fingerprint density at radius 2 is 1.78 bits per heavy atom. The normalized spacial score (nSPS) is 34.4. The second-order valence-corrected chi connectivity index (χ2v) is 6.27. The standard InChI is InChI=1S/C17H25N/c1-7-16(6)15(17(16,18)11(2)3)14-9-12(4)8-13(5)10-14/h8-10,15H,2,7,18H2,1,3-6H3/t15-,16?,17-/m1/s1. The lowest BCUT2D eigenvalue weighted by molar-refractivity contribution is 0.467. The summed E-state index contributed by atoms with van der Waals surface area (Å²) in [4.78, 5) is 0. The van der Waals surface area contributed by atoms with Gasteiger partial charge in [0.15, 0.2) is 0 Å². The van der Waals surface area contributed by atoms with E-state index in [9.17, 15) is 0 Å². The van der Waals surface area contributed by atoms with Gasteiger partial charge in [0.05, 0.1) is 0 Å². The Hall–Kier alpha value is -1.08. The molecule has 0 saturated heterocycles. The lowest BCUT2D eigenvalue weighted by Crippen LogP contribution is -2.30. The first-order valence-corrected chi connectivity index (χ1v) is 6.80. The molecule has 98 valence electrons. The van der Waals surface area contributed by atoms with Crippen LogP contribution in [-0.2, 0) is 0 Å². The molecule has 0 bridgehead atoms. The van der Waals surface area contributed by atoms with Crippen LogP contribution in [0.25, 0.3) is 0 Å². The molecule has 0 aliphatic heterocycles. The zero-order valence-corrected chi connectivity index (χ0v) is 12.3. The minimum absolute atomic E-state index is 0.152. The number of hydrogen-bond acceptors (Lipinski definition) is 1. The molecule has 0 aromatic heterocycles. The summed E-state index contributed by atoms with van der Waals surface area (Å²) in [6.45, 7) is 15.0. The summed E-state index contributed by atoms with van der Waals surface area (Å²) in [5.41, 5.74) is 11.7. The van der Waals surface area contributed by atoms with Crippen molar-refractivity contribution in [2.75, 3.05) is 0 Å². The Kier molecular flexibility index (Phi) is 2.94. The van der Waals surface area contributed by atoms with E-state index in [4.69, 9.17) is 5.73 Å². The first-order valence-electron chi connectivity index (χ1n) is 6.80. The van der Waals surface area contributed by atoms with Crippen LogP contribution in [0.1, 0.15) is 49.8 Å². The average Bonchev–Trinajstić information content (AvgIpc) is 2.77. The summed E-state index contributed by atoms with van der Waals surface area (Å²) in [5.74, 6) is 0.408. The fraction of sp³-hybridized carbons (Fsp3) is 0.529. The van der Waals surface area contributed by atoms with Gasteiger partial charge in [-0.05, 0) is 38.2 Å². The van der Waals surface area contributed by atoms with Crippen molar-refractivity contribution in [2.45, 2.75) is 52.5 Å². The molecule has 1 aliphatic rings. The lowest BCUT2D eigenvalue weighted by Gasteiger charge is -2.16. The van der Waals surface area contributed by atoms with Crippen molar-refractivity contribution in [3.63, 3.8) is 0 Å². The van der Waals surface area contributed by atoms with Crippen LogP contribution in [0.2, 0.25) is 0 Å². The quantitative estimate of drug-likeness (QED) is 0.795. The summed E-state index contributed by atoms with van der Waals surface area (Å²) < 4.78 is 0.